The van der Waals surface area contributed by atoms with Gasteiger partial charge < -0.3 is 19.4 Å². The topological polar surface area (TPSA) is 36.0 Å². The minimum Gasteiger partial charge on any atom is -0.375 e. The number of carbonyl (C=O) groups is 1. The molecule has 0 radical (unpaired) electrons. The third-order valence-electron chi connectivity index (χ3n) is 4.54. The maximum absolute atomic E-state index is 12.1. The third kappa shape index (κ3) is 4.85. The van der Waals surface area contributed by atoms with Crippen molar-refractivity contribution in [1.82, 2.24) is 14.7 Å². The Morgan fingerprint density at radius 3 is 2.57 bits per heavy atom. The lowest BCUT2D eigenvalue weighted by Crippen LogP contribution is -2.45. The summed E-state index contributed by atoms with van der Waals surface area (Å²) >= 11 is 0. The molecule has 21 heavy (non-hydrogen) atoms. The number of urea groups is 1. The molecular formula is C16H31N3O2. The van der Waals surface area contributed by atoms with Crippen LogP contribution >= 0.6 is 0 Å². The van der Waals surface area contributed by atoms with Crippen LogP contribution in [-0.4, -0.2) is 79.8 Å². The smallest absolute Gasteiger partial charge is 0.319 e. The van der Waals surface area contributed by atoms with Crippen LogP contribution in [0.2, 0.25) is 0 Å². The van der Waals surface area contributed by atoms with Gasteiger partial charge >= 0.3 is 6.03 Å². The Balaban J connectivity index is 1.72. The minimum absolute atomic E-state index is 0.116. The lowest BCUT2D eigenvalue weighted by molar-refractivity contribution is 0.00983. The van der Waals surface area contributed by atoms with E-state index in [0.29, 0.717) is 6.61 Å². The summed E-state index contributed by atoms with van der Waals surface area (Å²) in [5.74, 6) is 0. The Bertz CT molecular complexity index is 329. The zero-order valence-corrected chi connectivity index (χ0v) is 13.9. The molecule has 2 fully saturated rings. The number of carbonyl (C=O) groups excluding carboxylic acids is 1. The average Bonchev–Trinajstić information content (AvgIpc) is 2.93. The Morgan fingerprint density at radius 2 is 1.90 bits per heavy atom. The molecule has 2 aliphatic heterocycles. The highest BCUT2D eigenvalue weighted by atomic mass is 16.5. The monoisotopic (exact) mass is 297 g/mol. The summed E-state index contributed by atoms with van der Waals surface area (Å²) in [4.78, 5) is 18.2. The summed E-state index contributed by atoms with van der Waals surface area (Å²) in [7, 11) is 3.63. The van der Waals surface area contributed by atoms with Crippen LogP contribution in [0.15, 0.2) is 0 Å². The molecule has 0 bridgehead atoms. The van der Waals surface area contributed by atoms with Gasteiger partial charge in [-0.3, -0.25) is 0 Å². The van der Waals surface area contributed by atoms with Gasteiger partial charge in [-0.2, -0.15) is 0 Å². The van der Waals surface area contributed by atoms with Gasteiger partial charge in [0.2, 0.25) is 0 Å². The number of nitrogens with zero attached hydrogens (tertiary/aromatic N) is 3. The van der Waals surface area contributed by atoms with Crippen molar-refractivity contribution in [3.8, 4) is 0 Å². The van der Waals surface area contributed by atoms with Gasteiger partial charge in [-0.05, 0) is 45.7 Å². The Hall–Kier alpha value is -0.810. The molecule has 0 saturated carbocycles. The van der Waals surface area contributed by atoms with E-state index in [2.05, 4.69) is 11.8 Å². The molecule has 2 unspecified atom stereocenters. The van der Waals surface area contributed by atoms with Crippen molar-refractivity contribution < 1.29 is 9.53 Å². The fraction of sp³-hybridized carbons (Fsp3) is 0.938. The van der Waals surface area contributed by atoms with E-state index in [1.165, 1.54) is 32.4 Å². The van der Waals surface area contributed by atoms with E-state index >= 15 is 0 Å². The molecule has 2 rings (SSSR count). The van der Waals surface area contributed by atoms with Crippen molar-refractivity contribution in [3.63, 3.8) is 0 Å². The predicted octanol–water partition coefficient (Wildman–Crippen LogP) is 2.02. The normalized spacial score (nSPS) is 25.1. The van der Waals surface area contributed by atoms with Crippen molar-refractivity contribution >= 4 is 6.03 Å². The molecule has 0 spiro atoms. The van der Waals surface area contributed by atoms with Gasteiger partial charge in [-0.1, -0.05) is 6.42 Å². The van der Waals surface area contributed by atoms with Gasteiger partial charge in [0.05, 0.1) is 18.8 Å². The molecule has 2 saturated heterocycles. The molecule has 2 aliphatic rings. The zero-order valence-electron chi connectivity index (χ0n) is 13.9. The van der Waals surface area contributed by atoms with Gasteiger partial charge in [0.15, 0.2) is 0 Å². The number of piperidine rings is 1. The summed E-state index contributed by atoms with van der Waals surface area (Å²) in [5.41, 5.74) is 0. The minimum atomic E-state index is 0.116. The van der Waals surface area contributed by atoms with E-state index in [1.807, 2.05) is 19.0 Å². The first kappa shape index (κ1) is 16.6. The van der Waals surface area contributed by atoms with Gasteiger partial charge in [0.25, 0.3) is 0 Å². The Labute approximate surface area is 129 Å². The molecule has 5 heteroatoms. The average molecular weight is 297 g/mol. The first-order chi connectivity index (χ1) is 10.1. The molecular weight excluding hydrogens is 266 g/mol. The Morgan fingerprint density at radius 1 is 1.19 bits per heavy atom. The van der Waals surface area contributed by atoms with E-state index in [9.17, 15) is 4.79 Å². The molecule has 2 amide bonds. The summed E-state index contributed by atoms with van der Waals surface area (Å²) in [6.07, 6.45) is 6.42. The summed E-state index contributed by atoms with van der Waals surface area (Å²) in [5, 5.41) is 0. The predicted molar refractivity (Wildman–Crippen MR) is 84.5 cm³/mol. The van der Waals surface area contributed by atoms with Crippen molar-refractivity contribution in [2.45, 2.75) is 51.2 Å². The molecule has 2 heterocycles. The van der Waals surface area contributed by atoms with Gasteiger partial charge in [-0.25, -0.2) is 4.79 Å². The van der Waals surface area contributed by atoms with Crippen LogP contribution in [0.1, 0.15) is 39.0 Å². The van der Waals surface area contributed by atoms with Crippen LogP contribution in [0.25, 0.3) is 0 Å². The molecule has 5 nitrogen and oxygen atoms in total. The summed E-state index contributed by atoms with van der Waals surface area (Å²) < 4.78 is 6.03. The van der Waals surface area contributed by atoms with Crippen molar-refractivity contribution in [2.24, 2.45) is 0 Å². The molecule has 0 aromatic rings. The second-order valence-corrected chi connectivity index (χ2v) is 6.67. The SMILES string of the molecule is CC(CN1CCCCC1)OCC1CCCN1C(=O)N(C)C. The molecule has 0 aromatic heterocycles. The van der Waals surface area contributed by atoms with Crippen LogP contribution in [0.4, 0.5) is 4.79 Å². The zero-order chi connectivity index (χ0) is 15.2. The van der Waals surface area contributed by atoms with E-state index in [-0.39, 0.29) is 18.2 Å². The van der Waals surface area contributed by atoms with E-state index in [1.54, 1.807) is 4.90 Å². The molecule has 2 atom stereocenters. The van der Waals surface area contributed by atoms with E-state index in [4.69, 9.17) is 4.74 Å². The number of likely N-dealkylation sites (tertiary alicyclic amines) is 2. The van der Waals surface area contributed by atoms with Crippen LogP contribution < -0.4 is 0 Å². The highest BCUT2D eigenvalue weighted by molar-refractivity contribution is 5.74. The first-order valence-electron chi connectivity index (χ1n) is 8.40. The standard InChI is InChI=1S/C16H31N3O2/c1-14(12-18-9-5-4-6-10-18)21-13-15-8-7-11-19(15)16(20)17(2)3/h14-15H,4-13H2,1-3H3. The van der Waals surface area contributed by atoms with Crippen LogP contribution in [0.3, 0.4) is 0 Å². The van der Waals surface area contributed by atoms with Crippen molar-refractivity contribution in [3.05, 3.63) is 0 Å². The van der Waals surface area contributed by atoms with Crippen molar-refractivity contribution in [1.29, 1.82) is 0 Å². The molecule has 0 aromatic carbocycles. The lowest BCUT2D eigenvalue weighted by Gasteiger charge is -2.31. The summed E-state index contributed by atoms with van der Waals surface area (Å²) in [6.45, 7) is 7.14. The maximum atomic E-state index is 12.1. The lowest BCUT2D eigenvalue weighted by atomic mass is 10.1. The molecule has 0 N–H and O–H groups in total. The number of rotatable bonds is 5. The van der Waals surface area contributed by atoms with E-state index < -0.39 is 0 Å². The quantitative estimate of drug-likeness (QED) is 0.779. The van der Waals surface area contributed by atoms with Crippen LogP contribution in [-0.2, 0) is 4.74 Å². The van der Waals surface area contributed by atoms with Crippen molar-refractivity contribution in [2.75, 3.05) is 46.9 Å². The third-order valence-corrected chi connectivity index (χ3v) is 4.54. The highest BCUT2D eigenvalue weighted by Crippen LogP contribution is 2.19. The van der Waals surface area contributed by atoms with Crippen LogP contribution in [0.5, 0.6) is 0 Å². The molecule has 0 aliphatic carbocycles. The van der Waals surface area contributed by atoms with Crippen LogP contribution in [0, 0.1) is 0 Å². The second-order valence-electron chi connectivity index (χ2n) is 6.67. The first-order valence-corrected chi connectivity index (χ1v) is 8.40. The fourth-order valence-corrected chi connectivity index (χ4v) is 3.35. The maximum Gasteiger partial charge on any atom is 0.319 e. The summed E-state index contributed by atoms with van der Waals surface area (Å²) in [6, 6.07) is 0.369. The largest absolute Gasteiger partial charge is 0.375 e. The number of hydrogen-bond donors (Lipinski definition) is 0. The van der Waals surface area contributed by atoms with E-state index in [0.717, 1.165) is 25.9 Å². The number of amides is 2. The van der Waals surface area contributed by atoms with Gasteiger partial charge in [0, 0.05) is 27.2 Å². The number of ether oxygens (including phenoxy) is 1. The van der Waals surface area contributed by atoms with Gasteiger partial charge in [-0.15, -0.1) is 0 Å². The number of hydrogen-bond acceptors (Lipinski definition) is 3. The highest BCUT2D eigenvalue weighted by Gasteiger charge is 2.30. The second kappa shape index (κ2) is 7.99. The van der Waals surface area contributed by atoms with Gasteiger partial charge in [0.1, 0.15) is 0 Å². The fourth-order valence-electron chi connectivity index (χ4n) is 3.35. The molecule has 122 valence electrons. The Kier molecular flexibility index (Phi) is 6.30.